The molecular formula is C33H25ClFN7O4. The summed E-state index contributed by atoms with van der Waals surface area (Å²) in [4.78, 5) is 45.2. The van der Waals surface area contributed by atoms with E-state index in [1.165, 1.54) is 47.1 Å². The van der Waals surface area contributed by atoms with Crippen LogP contribution in [0.2, 0.25) is 5.02 Å². The Balaban J connectivity index is 1.36. The molecule has 1 aliphatic rings. The first-order valence-corrected chi connectivity index (χ1v) is 14.5. The van der Waals surface area contributed by atoms with Crippen LogP contribution in [0.1, 0.15) is 40.0 Å². The van der Waals surface area contributed by atoms with E-state index in [-0.39, 0.29) is 28.6 Å². The molecule has 230 valence electrons. The van der Waals surface area contributed by atoms with Crippen LogP contribution >= 0.6 is 11.6 Å². The number of nitrogens with zero attached hydrogens (tertiary/aromatic N) is 6. The first-order valence-electron chi connectivity index (χ1n) is 14.1. The maximum absolute atomic E-state index is 15.2. The average molecular weight is 638 g/mol. The molecule has 0 radical (unpaired) electrons. The zero-order chi connectivity index (χ0) is 32.2. The molecule has 3 aromatic carbocycles. The number of nitrogens with one attached hydrogen (secondary N) is 1. The zero-order valence-corrected chi connectivity index (χ0v) is 25.1. The zero-order valence-electron chi connectivity index (χ0n) is 24.3. The summed E-state index contributed by atoms with van der Waals surface area (Å²) in [7, 11) is 0. The van der Waals surface area contributed by atoms with Crippen LogP contribution in [0.4, 0.5) is 10.1 Å². The third kappa shape index (κ3) is 6.24. The largest absolute Gasteiger partial charge is 0.439 e. The Hall–Kier alpha value is -5.75. The standard InChI is InChI=1S/C33H25ClFN7O4/c1-20(43)21-8-10-22(11-9-21)38-33(45)32-24-5-4-6-28(46-29-7-2-3-17-36-29)23(24)16-18-41(32)30(44)15-12-25-27(42-19-37-39-40-42)14-13-26(34)31(25)35/h2-15,17,19,32H,16,18H2,1H3,(H,38,45)/b15-12+. The van der Waals surface area contributed by atoms with E-state index in [9.17, 15) is 14.4 Å². The van der Waals surface area contributed by atoms with Gasteiger partial charge in [-0.3, -0.25) is 14.4 Å². The number of pyridine rings is 1. The molecule has 0 saturated heterocycles. The van der Waals surface area contributed by atoms with Crippen LogP contribution in [0.25, 0.3) is 11.8 Å². The van der Waals surface area contributed by atoms with Crippen molar-refractivity contribution in [3.63, 3.8) is 0 Å². The van der Waals surface area contributed by atoms with Gasteiger partial charge < -0.3 is 15.0 Å². The molecule has 5 aromatic rings. The number of fused-ring (bicyclic) bond motifs is 1. The molecule has 0 aliphatic carbocycles. The summed E-state index contributed by atoms with van der Waals surface area (Å²) in [6.45, 7) is 1.60. The van der Waals surface area contributed by atoms with E-state index in [1.807, 2.05) is 0 Å². The molecule has 1 atom stereocenters. The number of ketones is 1. The highest BCUT2D eigenvalue weighted by molar-refractivity contribution is 6.31. The fourth-order valence-corrected chi connectivity index (χ4v) is 5.37. The number of carbonyl (C=O) groups excluding carboxylic acids is 3. The van der Waals surface area contributed by atoms with E-state index >= 15 is 4.39 Å². The van der Waals surface area contributed by atoms with Gasteiger partial charge in [0.05, 0.1) is 10.7 Å². The number of ether oxygens (including phenoxy) is 1. The van der Waals surface area contributed by atoms with Crippen molar-refractivity contribution in [2.24, 2.45) is 0 Å². The van der Waals surface area contributed by atoms with E-state index in [1.54, 1.807) is 66.9 Å². The van der Waals surface area contributed by atoms with Crippen molar-refractivity contribution in [2.45, 2.75) is 19.4 Å². The first-order chi connectivity index (χ1) is 22.3. The lowest BCUT2D eigenvalue weighted by Crippen LogP contribution is -2.44. The summed E-state index contributed by atoms with van der Waals surface area (Å²) in [5.74, 6) is -1.02. The number of Topliss-reactive ketones (excluding diaryl/α,β-unsaturated/α-hetero) is 1. The van der Waals surface area contributed by atoms with Crippen LogP contribution in [0.5, 0.6) is 11.6 Å². The predicted octanol–water partition coefficient (Wildman–Crippen LogP) is 5.62. The van der Waals surface area contributed by atoms with Gasteiger partial charge in [-0.2, -0.15) is 4.68 Å². The molecule has 1 unspecified atom stereocenters. The molecule has 1 N–H and O–H groups in total. The Morgan fingerprint density at radius 1 is 1.04 bits per heavy atom. The van der Waals surface area contributed by atoms with Crippen molar-refractivity contribution in [1.29, 1.82) is 0 Å². The number of amides is 2. The monoisotopic (exact) mass is 637 g/mol. The predicted molar refractivity (Wildman–Crippen MR) is 167 cm³/mol. The van der Waals surface area contributed by atoms with Gasteiger partial charge in [-0.05, 0) is 83.9 Å². The van der Waals surface area contributed by atoms with Gasteiger partial charge in [0.25, 0.3) is 5.91 Å². The molecular weight excluding hydrogens is 613 g/mol. The third-order valence-corrected chi connectivity index (χ3v) is 7.71. The minimum Gasteiger partial charge on any atom is -0.439 e. The summed E-state index contributed by atoms with van der Waals surface area (Å²) >= 11 is 6.06. The van der Waals surface area contributed by atoms with Gasteiger partial charge in [0.1, 0.15) is 18.1 Å². The summed E-state index contributed by atoms with van der Waals surface area (Å²) in [6.07, 6.45) is 5.74. The topological polar surface area (TPSA) is 132 Å². The fourth-order valence-electron chi connectivity index (χ4n) is 5.21. The number of benzene rings is 3. The van der Waals surface area contributed by atoms with Gasteiger partial charge >= 0.3 is 0 Å². The molecule has 0 bridgehead atoms. The maximum Gasteiger partial charge on any atom is 0.251 e. The lowest BCUT2D eigenvalue weighted by molar-refractivity contribution is -0.135. The fraction of sp³-hybridized carbons (Fsp3) is 0.121. The Kier molecular flexibility index (Phi) is 8.61. The Bertz CT molecular complexity index is 1950. The summed E-state index contributed by atoms with van der Waals surface area (Å²) in [5, 5.41) is 13.7. The summed E-state index contributed by atoms with van der Waals surface area (Å²) < 4.78 is 22.5. The number of hydrogen-bond donors (Lipinski definition) is 1. The van der Waals surface area contributed by atoms with Crippen molar-refractivity contribution in [3.8, 4) is 17.3 Å². The molecule has 1 aliphatic heterocycles. The molecule has 6 rings (SSSR count). The quantitative estimate of drug-likeness (QED) is 0.171. The van der Waals surface area contributed by atoms with Crippen molar-refractivity contribution >= 4 is 41.0 Å². The Morgan fingerprint density at radius 2 is 1.87 bits per heavy atom. The van der Waals surface area contributed by atoms with Gasteiger partial charge in [-0.25, -0.2) is 9.37 Å². The second-order valence-corrected chi connectivity index (χ2v) is 10.7. The molecule has 13 heteroatoms. The second-order valence-electron chi connectivity index (χ2n) is 10.3. The number of halogens is 2. The normalized spacial score (nSPS) is 14.2. The lowest BCUT2D eigenvalue weighted by atomic mass is 9.90. The van der Waals surface area contributed by atoms with E-state index in [2.05, 4.69) is 25.8 Å². The molecule has 2 aromatic heterocycles. The van der Waals surface area contributed by atoms with Crippen LogP contribution in [0, 0.1) is 5.82 Å². The number of rotatable bonds is 8. The van der Waals surface area contributed by atoms with Crippen molar-refractivity contribution < 1.29 is 23.5 Å². The lowest BCUT2D eigenvalue weighted by Gasteiger charge is -2.36. The van der Waals surface area contributed by atoms with Crippen molar-refractivity contribution in [2.75, 3.05) is 11.9 Å². The van der Waals surface area contributed by atoms with Gasteiger partial charge in [0.2, 0.25) is 11.8 Å². The minimum atomic E-state index is -1.08. The van der Waals surface area contributed by atoms with E-state index in [0.717, 1.165) is 5.56 Å². The number of tetrazole rings is 1. The molecule has 0 fully saturated rings. The molecule has 2 amide bonds. The van der Waals surface area contributed by atoms with Crippen LogP contribution < -0.4 is 10.1 Å². The molecule has 11 nitrogen and oxygen atoms in total. The number of hydrogen-bond acceptors (Lipinski definition) is 8. The summed E-state index contributed by atoms with van der Waals surface area (Å²) in [5.41, 5.74) is 2.49. The van der Waals surface area contributed by atoms with Gasteiger partial charge in [-0.15, -0.1) is 5.10 Å². The van der Waals surface area contributed by atoms with Gasteiger partial charge in [-0.1, -0.05) is 29.8 Å². The SMILES string of the molecule is CC(=O)c1ccc(NC(=O)C2c3cccc(Oc4ccccn4)c3CCN2C(=O)/C=C/c2c(-n3cnnn3)ccc(Cl)c2F)cc1. The minimum absolute atomic E-state index is 0.0110. The van der Waals surface area contributed by atoms with Crippen molar-refractivity contribution in [1.82, 2.24) is 30.1 Å². The van der Waals surface area contributed by atoms with E-state index < -0.39 is 23.7 Å². The van der Waals surface area contributed by atoms with E-state index in [4.69, 9.17) is 16.3 Å². The molecule has 46 heavy (non-hydrogen) atoms. The Labute approximate surface area is 267 Å². The van der Waals surface area contributed by atoms with Crippen LogP contribution in [0.3, 0.4) is 0 Å². The highest BCUT2D eigenvalue weighted by Crippen LogP contribution is 2.38. The number of aromatic nitrogens is 5. The van der Waals surface area contributed by atoms with Crippen LogP contribution in [-0.4, -0.2) is 54.2 Å². The Morgan fingerprint density at radius 3 is 2.59 bits per heavy atom. The van der Waals surface area contributed by atoms with Crippen LogP contribution in [0.15, 0.2) is 91.4 Å². The smallest absolute Gasteiger partial charge is 0.251 e. The average Bonchev–Trinajstić information content (AvgIpc) is 3.60. The summed E-state index contributed by atoms with van der Waals surface area (Å²) in [6, 6.07) is 18.8. The van der Waals surface area contributed by atoms with Gasteiger partial charge in [0, 0.05) is 47.3 Å². The molecule has 3 heterocycles. The molecule has 0 spiro atoms. The van der Waals surface area contributed by atoms with Crippen molar-refractivity contribution in [3.05, 3.63) is 124 Å². The van der Waals surface area contributed by atoms with E-state index in [0.29, 0.717) is 34.9 Å². The van der Waals surface area contributed by atoms with Crippen LogP contribution in [-0.2, 0) is 16.0 Å². The number of anilines is 1. The number of carbonyl (C=O) groups is 3. The second kappa shape index (κ2) is 13.1. The third-order valence-electron chi connectivity index (χ3n) is 7.42. The first kappa shape index (κ1) is 30.3. The molecule has 0 saturated carbocycles. The van der Waals surface area contributed by atoms with Gasteiger partial charge in [0.15, 0.2) is 11.6 Å². The maximum atomic E-state index is 15.2. The highest BCUT2D eigenvalue weighted by Gasteiger charge is 2.37. The highest BCUT2D eigenvalue weighted by atomic mass is 35.5.